The van der Waals surface area contributed by atoms with Gasteiger partial charge in [-0.05, 0) is 25.1 Å². The van der Waals surface area contributed by atoms with Gasteiger partial charge in [0.05, 0.1) is 6.20 Å². The molecule has 4 nitrogen and oxygen atoms in total. The van der Waals surface area contributed by atoms with Gasteiger partial charge in [0.1, 0.15) is 12.4 Å². The van der Waals surface area contributed by atoms with Crippen LogP contribution in [0, 0.1) is 0 Å². The zero-order chi connectivity index (χ0) is 12.8. The molecule has 2 N–H and O–H groups in total. The van der Waals surface area contributed by atoms with Crippen LogP contribution in [0.2, 0.25) is 0 Å². The van der Waals surface area contributed by atoms with Crippen LogP contribution in [0.4, 0.5) is 0 Å². The minimum absolute atomic E-state index is 0.125. The van der Waals surface area contributed by atoms with E-state index in [9.17, 15) is 0 Å². The normalized spacial score (nSPS) is 12.1. The third-order valence-corrected chi connectivity index (χ3v) is 2.46. The third-order valence-electron chi connectivity index (χ3n) is 2.46. The summed E-state index contributed by atoms with van der Waals surface area (Å²) >= 11 is 0. The summed E-state index contributed by atoms with van der Waals surface area (Å²) in [6.45, 7) is 2.47. The van der Waals surface area contributed by atoms with E-state index in [0.29, 0.717) is 6.61 Å². The molecule has 4 heteroatoms. The van der Waals surface area contributed by atoms with Gasteiger partial charge in [-0.1, -0.05) is 6.07 Å². The topological polar surface area (TPSA) is 61.0 Å². The summed E-state index contributed by atoms with van der Waals surface area (Å²) in [6, 6.07) is 7.86. The van der Waals surface area contributed by atoms with Gasteiger partial charge in [-0.25, -0.2) is 0 Å². The number of aromatic nitrogens is 2. The SMILES string of the molecule is CC(N)Cc1ccc(OCc2cccnc2)cn1. The second-order valence-corrected chi connectivity index (χ2v) is 4.32. The molecule has 0 saturated heterocycles. The quantitative estimate of drug-likeness (QED) is 0.871. The van der Waals surface area contributed by atoms with E-state index in [4.69, 9.17) is 10.5 Å². The lowest BCUT2D eigenvalue weighted by Gasteiger charge is -2.07. The molecule has 0 saturated carbocycles. The van der Waals surface area contributed by atoms with E-state index in [1.807, 2.05) is 31.2 Å². The highest BCUT2D eigenvalue weighted by atomic mass is 16.5. The van der Waals surface area contributed by atoms with E-state index < -0.39 is 0 Å². The Morgan fingerprint density at radius 3 is 2.78 bits per heavy atom. The van der Waals surface area contributed by atoms with E-state index in [2.05, 4.69) is 9.97 Å². The van der Waals surface area contributed by atoms with Gasteiger partial charge in [-0.3, -0.25) is 9.97 Å². The van der Waals surface area contributed by atoms with E-state index in [0.717, 1.165) is 23.4 Å². The van der Waals surface area contributed by atoms with E-state index >= 15 is 0 Å². The summed E-state index contributed by atoms with van der Waals surface area (Å²) in [5, 5.41) is 0. The van der Waals surface area contributed by atoms with Crippen molar-refractivity contribution in [2.45, 2.75) is 26.0 Å². The van der Waals surface area contributed by atoms with Gasteiger partial charge in [0.2, 0.25) is 0 Å². The van der Waals surface area contributed by atoms with Gasteiger partial charge in [0.15, 0.2) is 0 Å². The maximum Gasteiger partial charge on any atom is 0.138 e. The summed E-state index contributed by atoms with van der Waals surface area (Å²) in [5.74, 6) is 0.757. The molecule has 94 valence electrons. The number of pyridine rings is 2. The first-order valence-electron chi connectivity index (χ1n) is 5.96. The Balaban J connectivity index is 1.90. The molecule has 0 aliphatic rings. The molecule has 2 aromatic heterocycles. The fraction of sp³-hybridized carbons (Fsp3) is 0.286. The molecule has 1 unspecified atom stereocenters. The molecule has 0 aliphatic carbocycles. The molecule has 2 heterocycles. The Morgan fingerprint density at radius 2 is 2.17 bits per heavy atom. The lowest BCUT2D eigenvalue weighted by atomic mass is 10.2. The van der Waals surface area contributed by atoms with Crippen molar-refractivity contribution in [3.8, 4) is 5.75 Å². The van der Waals surface area contributed by atoms with E-state index in [1.54, 1.807) is 18.6 Å². The summed E-state index contributed by atoms with van der Waals surface area (Å²) in [6.07, 6.45) is 6.04. The average molecular weight is 243 g/mol. The molecule has 0 bridgehead atoms. The minimum atomic E-state index is 0.125. The third kappa shape index (κ3) is 3.82. The zero-order valence-electron chi connectivity index (χ0n) is 10.4. The Hall–Kier alpha value is -1.94. The lowest BCUT2D eigenvalue weighted by Crippen LogP contribution is -2.18. The largest absolute Gasteiger partial charge is 0.487 e. The number of hydrogen-bond acceptors (Lipinski definition) is 4. The first-order chi connectivity index (χ1) is 8.74. The Morgan fingerprint density at radius 1 is 1.28 bits per heavy atom. The Labute approximate surface area is 107 Å². The molecule has 0 radical (unpaired) electrons. The number of nitrogens with zero attached hydrogens (tertiary/aromatic N) is 2. The van der Waals surface area contributed by atoms with Crippen LogP contribution in [-0.2, 0) is 13.0 Å². The summed E-state index contributed by atoms with van der Waals surface area (Å²) < 4.78 is 5.62. The zero-order valence-corrected chi connectivity index (χ0v) is 10.4. The highest BCUT2D eigenvalue weighted by Crippen LogP contribution is 2.12. The second-order valence-electron chi connectivity index (χ2n) is 4.32. The maximum absolute atomic E-state index is 5.72. The lowest BCUT2D eigenvalue weighted by molar-refractivity contribution is 0.304. The maximum atomic E-state index is 5.72. The van der Waals surface area contributed by atoms with Crippen molar-refractivity contribution < 1.29 is 4.74 Å². The van der Waals surface area contributed by atoms with Crippen molar-refractivity contribution in [2.75, 3.05) is 0 Å². The van der Waals surface area contributed by atoms with Gasteiger partial charge >= 0.3 is 0 Å². The van der Waals surface area contributed by atoms with Crippen molar-refractivity contribution >= 4 is 0 Å². The van der Waals surface area contributed by atoms with Gasteiger partial charge < -0.3 is 10.5 Å². The number of rotatable bonds is 5. The van der Waals surface area contributed by atoms with E-state index in [1.165, 1.54) is 0 Å². The summed E-state index contributed by atoms with van der Waals surface area (Å²) in [4.78, 5) is 8.34. The fourth-order valence-electron chi connectivity index (χ4n) is 1.60. The van der Waals surface area contributed by atoms with Crippen LogP contribution >= 0.6 is 0 Å². The fourth-order valence-corrected chi connectivity index (χ4v) is 1.60. The van der Waals surface area contributed by atoms with Crippen LogP contribution in [0.5, 0.6) is 5.75 Å². The predicted octanol–water partition coefficient (Wildman–Crippen LogP) is 1.95. The van der Waals surface area contributed by atoms with Crippen LogP contribution in [0.25, 0.3) is 0 Å². The predicted molar refractivity (Wildman–Crippen MR) is 70.2 cm³/mol. The first-order valence-corrected chi connectivity index (χ1v) is 5.96. The van der Waals surface area contributed by atoms with Crippen molar-refractivity contribution in [2.24, 2.45) is 5.73 Å². The van der Waals surface area contributed by atoms with Crippen LogP contribution in [-0.4, -0.2) is 16.0 Å². The molecular weight excluding hydrogens is 226 g/mol. The van der Waals surface area contributed by atoms with Crippen molar-refractivity contribution in [3.05, 3.63) is 54.1 Å². The number of ether oxygens (including phenoxy) is 1. The monoisotopic (exact) mass is 243 g/mol. The van der Waals surface area contributed by atoms with Crippen molar-refractivity contribution in [1.29, 1.82) is 0 Å². The smallest absolute Gasteiger partial charge is 0.138 e. The highest BCUT2D eigenvalue weighted by Gasteiger charge is 2.00. The van der Waals surface area contributed by atoms with Crippen LogP contribution < -0.4 is 10.5 Å². The van der Waals surface area contributed by atoms with Crippen LogP contribution in [0.3, 0.4) is 0 Å². The summed E-state index contributed by atoms with van der Waals surface area (Å²) in [7, 11) is 0. The van der Waals surface area contributed by atoms with Gasteiger partial charge in [0.25, 0.3) is 0 Å². The van der Waals surface area contributed by atoms with Gasteiger partial charge in [0, 0.05) is 36.1 Å². The van der Waals surface area contributed by atoms with Crippen molar-refractivity contribution in [3.63, 3.8) is 0 Å². The number of hydrogen-bond donors (Lipinski definition) is 1. The Kier molecular flexibility index (Phi) is 4.25. The molecule has 0 aromatic carbocycles. The highest BCUT2D eigenvalue weighted by molar-refractivity contribution is 5.21. The van der Waals surface area contributed by atoms with Crippen LogP contribution in [0.15, 0.2) is 42.9 Å². The van der Waals surface area contributed by atoms with Gasteiger partial charge in [-0.2, -0.15) is 0 Å². The molecule has 2 aromatic rings. The summed E-state index contributed by atoms with van der Waals surface area (Å²) in [5.41, 5.74) is 7.74. The molecular formula is C14H17N3O. The molecule has 0 fully saturated rings. The number of nitrogens with two attached hydrogens (primary N) is 1. The molecule has 0 spiro atoms. The van der Waals surface area contributed by atoms with Crippen molar-refractivity contribution in [1.82, 2.24) is 9.97 Å². The molecule has 0 amide bonds. The average Bonchev–Trinajstić information content (AvgIpc) is 2.38. The van der Waals surface area contributed by atoms with Crippen LogP contribution in [0.1, 0.15) is 18.2 Å². The molecule has 18 heavy (non-hydrogen) atoms. The molecule has 2 rings (SSSR count). The standard InChI is InChI=1S/C14H17N3O/c1-11(15)7-13-4-5-14(9-17-13)18-10-12-3-2-6-16-8-12/h2-6,8-9,11H,7,10,15H2,1H3. The van der Waals surface area contributed by atoms with Gasteiger partial charge in [-0.15, -0.1) is 0 Å². The second kappa shape index (κ2) is 6.12. The first kappa shape index (κ1) is 12.5. The molecule has 0 aliphatic heterocycles. The minimum Gasteiger partial charge on any atom is -0.487 e. The molecule has 1 atom stereocenters. The van der Waals surface area contributed by atoms with E-state index in [-0.39, 0.29) is 6.04 Å². The Bertz CT molecular complexity index is 468.